The fraction of sp³-hybridized carbons (Fsp3) is 0.292. The Morgan fingerprint density at radius 2 is 1.86 bits per heavy atom. The predicted octanol–water partition coefficient (Wildman–Crippen LogP) is 5.18. The average Bonchev–Trinajstić information content (AvgIpc) is 3.36. The maximum absolute atomic E-state index is 13.8. The van der Waals surface area contributed by atoms with E-state index in [-0.39, 0.29) is 34.2 Å². The molecular weight excluding hydrogens is 503 g/mol. The molecule has 0 aliphatic carbocycles. The third-order valence-corrected chi connectivity index (χ3v) is 9.52. The molecule has 0 unspecified atom stereocenters. The minimum Gasteiger partial charge on any atom is -0.416 e. The van der Waals surface area contributed by atoms with Crippen molar-refractivity contribution in [2.24, 2.45) is 0 Å². The van der Waals surface area contributed by atoms with Crippen LogP contribution in [-0.4, -0.2) is 38.6 Å². The Labute approximate surface area is 210 Å². The van der Waals surface area contributed by atoms with E-state index >= 15 is 0 Å². The molecule has 0 fully saturated rings. The molecule has 0 saturated heterocycles. The molecule has 11 heteroatoms. The van der Waals surface area contributed by atoms with Gasteiger partial charge in [0.1, 0.15) is 4.21 Å². The molecule has 1 aromatic heterocycles. The van der Waals surface area contributed by atoms with Crippen LogP contribution in [0, 0.1) is 21.4 Å². The van der Waals surface area contributed by atoms with Gasteiger partial charge in [-0.15, -0.1) is 11.3 Å². The zero-order valence-corrected chi connectivity index (χ0v) is 22.4. The highest BCUT2D eigenvalue weighted by Gasteiger charge is 2.35. The monoisotopic (exact) mass is 529 g/mol. The van der Waals surface area contributed by atoms with Gasteiger partial charge in [-0.05, 0) is 55.2 Å². The molecule has 3 rings (SSSR count). The van der Waals surface area contributed by atoms with Crippen molar-refractivity contribution >= 4 is 35.4 Å². The number of rotatable bonds is 11. The number of nitro groups is 1. The third-order valence-electron chi connectivity index (χ3n) is 5.22. The minimum absolute atomic E-state index is 0.140. The summed E-state index contributed by atoms with van der Waals surface area (Å²) in [4.78, 5) is 11.2. The number of nitrogens with zero attached hydrogens (tertiary/aromatic N) is 3. The van der Waals surface area contributed by atoms with Gasteiger partial charge in [0.2, 0.25) is 0 Å². The van der Waals surface area contributed by atoms with Gasteiger partial charge in [0.05, 0.1) is 29.2 Å². The van der Waals surface area contributed by atoms with Crippen LogP contribution >= 0.6 is 11.3 Å². The Balaban J connectivity index is 2.13. The lowest BCUT2D eigenvalue weighted by molar-refractivity contribution is -0.385. The van der Waals surface area contributed by atoms with E-state index < -0.39 is 29.3 Å². The molecule has 2 aromatic carbocycles. The second kappa shape index (κ2) is 11.2. The molecule has 0 spiro atoms. The summed E-state index contributed by atoms with van der Waals surface area (Å²) in [5, 5.41) is 22.8. The summed E-state index contributed by atoms with van der Waals surface area (Å²) in [5.74, 6) is 0. The SMILES string of the molecule is C[Si](C)(C)OC[C@@H](Cc1ccccc1)N(Cc1cc(C#N)ccc1[N+](=O)[O-])S(=O)(=O)c1cccs1. The number of sulfonamides is 1. The van der Waals surface area contributed by atoms with Gasteiger partial charge >= 0.3 is 0 Å². The van der Waals surface area contributed by atoms with Gasteiger partial charge in [0.15, 0.2) is 8.32 Å². The smallest absolute Gasteiger partial charge is 0.274 e. The number of benzene rings is 2. The lowest BCUT2D eigenvalue weighted by Crippen LogP contribution is -2.45. The number of hydrogen-bond donors (Lipinski definition) is 0. The van der Waals surface area contributed by atoms with E-state index in [2.05, 4.69) is 0 Å². The maximum Gasteiger partial charge on any atom is 0.274 e. The van der Waals surface area contributed by atoms with Crippen LogP contribution in [-0.2, 0) is 27.4 Å². The van der Waals surface area contributed by atoms with Crippen molar-refractivity contribution in [2.75, 3.05) is 6.61 Å². The fourth-order valence-corrected chi connectivity index (χ4v) is 6.94. The minimum atomic E-state index is -4.02. The number of nitro benzene ring substituents is 1. The van der Waals surface area contributed by atoms with E-state index in [9.17, 15) is 23.8 Å². The van der Waals surface area contributed by atoms with E-state index in [1.165, 1.54) is 28.6 Å². The molecule has 35 heavy (non-hydrogen) atoms. The Hall–Kier alpha value is -2.88. The van der Waals surface area contributed by atoms with Crippen molar-refractivity contribution in [3.63, 3.8) is 0 Å². The lowest BCUT2D eigenvalue weighted by Gasteiger charge is -2.32. The largest absolute Gasteiger partial charge is 0.416 e. The van der Waals surface area contributed by atoms with Gasteiger partial charge in [0.25, 0.3) is 15.7 Å². The van der Waals surface area contributed by atoms with Crippen LogP contribution in [0.3, 0.4) is 0 Å². The third kappa shape index (κ3) is 7.06. The number of hydrogen-bond acceptors (Lipinski definition) is 7. The molecule has 0 aliphatic heterocycles. The van der Waals surface area contributed by atoms with Crippen molar-refractivity contribution in [3.05, 3.63) is 92.8 Å². The first-order chi connectivity index (χ1) is 16.5. The second-order valence-electron chi connectivity index (χ2n) is 8.96. The topological polar surface area (TPSA) is 114 Å². The Morgan fingerprint density at radius 3 is 2.43 bits per heavy atom. The summed E-state index contributed by atoms with van der Waals surface area (Å²) in [5.41, 5.74) is 1.06. The van der Waals surface area contributed by atoms with Crippen LogP contribution in [0.1, 0.15) is 16.7 Å². The van der Waals surface area contributed by atoms with E-state index in [1.54, 1.807) is 11.4 Å². The van der Waals surface area contributed by atoms with Gasteiger partial charge in [-0.3, -0.25) is 10.1 Å². The highest BCUT2D eigenvalue weighted by molar-refractivity contribution is 7.91. The first-order valence-corrected chi connectivity index (χ1v) is 16.6. The van der Waals surface area contributed by atoms with Crippen molar-refractivity contribution in [3.8, 4) is 6.07 Å². The molecule has 3 aromatic rings. The lowest BCUT2D eigenvalue weighted by atomic mass is 10.1. The van der Waals surface area contributed by atoms with Crippen LogP contribution in [0.4, 0.5) is 5.69 Å². The van der Waals surface area contributed by atoms with E-state index in [4.69, 9.17) is 4.43 Å². The van der Waals surface area contributed by atoms with Crippen molar-refractivity contribution in [1.29, 1.82) is 5.26 Å². The molecule has 0 bridgehead atoms. The Bertz CT molecular complexity index is 1300. The highest BCUT2D eigenvalue weighted by Crippen LogP contribution is 2.30. The zero-order chi connectivity index (χ0) is 25.6. The van der Waals surface area contributed by atoms with E-state index in [0.29, 0.717) is 6.42 Å². The fourth-order valence-electron chi connectivity index (χ4n) is 3.54. The zero-order valence-electron chi connectivity index (χ0n) is 19.7. The van der Waals surface area contributed by atoms with Gasteiger partial charge < -0.3 is 4.43 Å². The predicted molar refractivity (Wildman–Crippen MR) is 138 cm³/mol. The van der Waals surface area contributed by atoms with Gasteiger partial charge in [-0.1, -0.05) is 36.4 Å². The van der Waals surface area contributed by atoms with E-state index in [1.807, 2.05) is 56.0 Å². The van der Waals surface area contributed by atoms with Crippen molar-refractivity contribution in [2.45, 2.75) is 42.9 Å². The quantitative estimate of drug-likeness (QED) is 0.192. The molecule has 0 saturated carbocycles. The molecule has 1 heterocycles. The number of thiophene rings is 1. The highest BCUT2D eigenvalue weighted by atomic mass is 32.2. The summed E-state index contributed by atoms with van der Waals surface area (Å²) < 4.78 is 35.3. The van der Waals surface area contributed by atoms with Gasteiger partial charge in [-0.2, -0.15) is 9.57 Å². The molecule has 1 atom stereocenters. The summed E-state index contributed by atoms with van der Waals surface area (Å²) in [6.07, 6.45) is 0.363. The van der Waals surface area contributed by atoms with Crippen LogP contribution in [0.15, 0.2) is 70.3 Å². The first-order valence-electron chi connectivity index (χ1n) is 10.9. The first kappa shape index (κ1) is 26.7. The van der Waals surface area contributed by atoms with Crippen LogP contribution in [0.25, 0.3) is 0 Å². The maximum atomic E-state index is 13.8. The standard InChI is InChI=1S/C24H27N3O5S2Si/c1-35(2,3)32-18-22(15-19-8-5-4-6-9-19)26(34(30,31)24-10-7-13-33-24)17-21-14-20(16-25)11-12-23(21)27(28)29/h4-14,22H,15,17-18H2,1-3H3/t22-/m1/s1. The summed E-state index contributed by atoms with van der Waals surface area (Å²) in [7, 11) is -6.04. The molecule has 0 radical (unpaired) electrons. The second-order valence-corrected chi connectivity index (χ2v) is 16.5. The van der Waals surface area contributed by atoms with Gasteiger partial charge in [-0.25, -0.2) is 8.42 Å². The summed E-state index contributed by atoms with van der Waals surface area (Å²) >= 11 is 1.09. The Morgan fingerprint density at radius 1 is 1.14 bits per heavy atom. The molecular formula is C24H27N3O5S2Si. The van der Waals surface area contributed by atoms with Gasteiger partial charge in [0, 0.05) is 18.2 Å². The van der Waals surface area contributed by atoms with Crippen LogP contribution in [0.2, 0.25) is 19.6 Å². The molecule has 0 aliphatic rings. The molecule has 184 valence electrons. The Kier molecular flexibility index (Phi) is 8.58. The average molecular weight is 530 g/mol. The normalized spacial score (nSPS) is 12.9. The molecule has 0 amide bonds. The molecule has 0 N–H and O–H groups in total. The van der Waals surface area contributed by atoms with Crippen LogP contribution in [0.5, 0.6) is 0 Å². The summed E-state index contributed by atoms with van der Waals surface area (Å²) in [6, 6.07) is 18.0. The van der Waals surface area contributed by atoms with E-state index in [0.717, 1.165) is 16.9 Å². The van der Waals surface area contributed by atoms with Crippen molar-refractivity contribution < 1.29 is 17.8 Å². The van der Waals surface area contributed by atoms with Crippen LogP contribution < -0.4 is 0 Å². The van der Waals surface area contributed by atoms with Crippen molar-refractivity contribution in [1.82, 2.24) is 4.31 Å². The number of nitriles is 1. The summed E-state index contributed by atoms with van der Waals surface area (Å²) in [6.45, 7) is 5.93. The molecule has 8 nitrogen and oxygen atoms in total.